The second kappa shape index (κ2) is 6.02. The van der Waals surface area contributed by atoms with Gasteiger partial charge in [-0.25, -0.2) is 8.42 Å². The molecule has 0 atom stereocenters. The Hall–Kier alpha value is -1.92. The number of hydrogen-bond donors (Lipinski definition) is 2. The minimum atomic E-state index is -3.68. The molecule has 2 aromatic rings. The maximum absolute atomic E-state index is 12.4. The minimum absolute atomic E-state index is 0.193. The molecule has 0 aliphatic rings. The monoisotopic (exact) mass is 292 g/mol. The molecule has 0 saturated heterocycles. The molecule has 1 aromatic heterocycles. The summed E-state index contributed by atoms with van der Waals surface area (Å²) in [4.78, 5) is 4.04. The lowest BCUT2D eigenvalue weighted by Crippen LogP contribution is -2.15. The van der Waals surface area contributed by atoms with Crippen LogP contribution < -0.4 is 4.72 Å². The largest absolute Gasteiger partial charge is 0.392 e. The molecule has 5 nitrogen and oxygen atoms in total. The van der Waals surface area contributed by atoms with E-state index >= 15 is 0 Å². The number of nitrogens with one attached hydrogen (secondary N) is 1. The van der Waals surface area contributed by atoms with E-state index in [9.17, 15) is 8.42 Å². The van der Waals surface area contributed by atoms with E-state index in [1.807, 2.05) is 6.92 Å². The highest BCUT2D eigenvalue weighted by Crippen LogP contribution is 2.21. The molecule has 0 aliphatic carbocycles. The van der Waals surface area contributed by atoms with E-state index in [1.54, 1.807) is 24.3 Å². The van der Waals surface area contributed by atoms with Gasteiger partial charge >= 0.3 is 0 Å². The third kappa shape index (κ3) is 3.15. The molecule has 0 spiro atoms. The van der Waals surface area contributed by atoms with Gasteiger partial charge in [0.25, 0.3) is 10.0 Å². The highest BCUT2D eigenvalue weighted by atomic mass is 32.2. The maximum atomic E-state index is 12.4. The fourth-order valence-electron chi connectivity index (χ4n) is 1.87. The summed E-state index contributed by atoms with van der Waals surface area (Å²) in [5, 5.41) is 9.16. The zero-order valence-electron chi connectivity index (χ0n) is 11.1. The van der Waals surface area contributed by atoms with Gasteiger partial charge < -0.3 is 5.11 Å². The fraction of sp³-hybridized carbons (Fsp3) is 0.214. The SMILES string of the molecule is CCc1ccc(CO)cc1S(=O)(=O)Nc1ccncc1. The molecule has 1 heterocycles. The molecule has 0 fully saturated rings. The van der Waals surface area contributed by atoms with Crippen molar-refractivity contribution in [2.24, 2.45) is 0 Å². The fourth-order valence-corrected chi connectivity index (χ4v) is 3.29. The number of pyridine rings is 1. The van der Waals surface area contributed by atoms with Crippen molar-refractivity contribution in [2.75, 3.05) is 4.72 Å². The zero-order valence-corrected chi connectivity index (χ0v) is 11.9. The molecule has 0 amide bonds. The van der Waals surface area contributed by atoms with Gasteiger partial charge in [0.15, 0.2) is 0 Å². The summed E-state index contributed by atoms with van der Waals surface area (Å²) >= 11 is 0. The lowest BCUT2D eigenvalue weighted by molar-refractivity contribution is 0.281. The molecule has 6 heteroatoms. The van der Waals surface area contributed by atoms with Gasteiger partial charge in [-0.2, -0.15) is 0 Å². The Kier molecular flexibility index (Phi) is 4.36. The van der Waals surface area contributed by atoms with Crippen LogP contribution in [-0.2, 0) is 23.1 Å². The van der Waals surface area contributed by atoms with Gasteiger partial charge in [-0.05, 0) is 35.7 Å². The van der Waals surface area contributed by atoms with Crippen molar-refractivity contribution in [1.82, 2.24) is 4.98 Å². The average Bonchev–Trinajstić information content (AvgIpc) is 2.47. The molecule has 0 bridgehead atoms. The summed E-state index contributed by atoms with van der Waals surface area (Å²) in [5.41, 5.74) is 1.73. The van der Waals surface area contributed by atoms with E-state index in [2.05, 4.69) is 9.71 Å². The second-order valence-electron chi connectivity index (χ2n) is 4.30. The standard InChI is InChI=1S/C14H16N2O3S/c1-2-12-4-3-11(10-17)9-14(12)20(18,19)16-13-5-7-15-8-6-13/h3-9,17H,2,10H2,1H3,(H,15,16). The van der Waals surface area contributed by atoms with Crippen LogP contribution in [0.4, 0.5) is 5.69 Å². The molecule has 0 unspecified atom stereocenters. The summed E-state index contributed by atoms with van der Waals surface area (Å²) in [5.74, 6) is 0. The number of nitrogens with zero attached hydrogens (tertiary/aromatic N) is 1. The van der Waals surface area contributed by atoms with E-state index < -0.39 is 10.0 Å². The Morgan fingerprint density at radius 3 is 2.50 bits per heavy atom. The van der Waals surface area contributed by atoms with Gasteiger partial charge in [0.2, 0.25) is 0 Å². The first-order chi connectivity index (χ1) is 9.56. The number of sulfonamides is 1. The number of rotatable bonds is 5. The first kappa shape index (κ1) is 14.5. The highest BCUT2D eigenvalue weighted by molar-refractivity contribution is 7.92. The predicted octanol–water partition coefficient (Wildman–Crippen LogP) is 1.94. The number of benzene rings is 1. The molecule has 1 aromatic carbocycles. The van der Waals surface area contributed by atoms with Gasteiger partial charge in [0.1, 0.15) is 0 Å². The van der Waals surface area contributed by atoms with Crippen LogP contribution in [0.3, 0.4) is 0 Å². The van der Waals surface area contributed by atoms with Crippen molar-refractivity contribution in [3.8, 4) is 0 Å². The first-order valence-electron chi connectivity index (χ1n) is 6.22. The van der Waals surface area contributed by atoms with Gasteiger partial charge in [-0.15, -0.1) is 0 Å². The molecule has 20 heavy (non-hydrogen) atoms. The minimum Gasteiger partial charge on any atom is -0.392 e. The van der Waals surface area contributed by atoms with Crippen LogP contribution in [0.15, 0.2) is 47.6 Å². The topological polar surface area (TPSA) is 79.3 Å². The van der Waals surface area contributed by atoms with E-state index in [1.165, 1.54) is 18.5 Å². The maximum Gasteiger partial charge on any atom is 0.262 e. The molecule has 2 rings (SSSR count). The number of aryl methyl sites for hydroxylation is 1. The number of aromatic nitrogens is 1. The van der Waals surface area contributed by atoms with E-state index in [0.29, 0.717) is 23.2 Å². The number of aliphatic hydroxyl groups excluding tert-OH is 1. The molecule has 0 aliphatic heterocycles. The third-order valence-corrected chi connectivity index (χ3v) is 4.38. The molecular formula is C14H16N2O3S. The van der Waals surface area contributed by atoms with Crippen molar-refractivity contribution < 1.29 is 13.5 Å². The van der Waals surface area contributed by atoms with Crippen molar-refractivity contribution in [2.45, 2.75) is 24.8 Å². The van der Waals surface area contributed by atoms with E-state index in [0.717, 1.165) is 0 Å². The first-order valence-corrected chi connectivity index (χ1v) is 7.70. The summed E-state index contributed by atoms with van der Waals surface area (Å²) in [6.45, 7) is 1.70. The number of aliphatic hydroxyl groups is 1. The lowest BCUT2D eigenvalue weighted by Gasteiger charge is -2.12. The smallest absolute Gasteiger partial charge is 0.262 e. The van der Waals surface area contributed by atoms with Crippen LogP contribution in [0.5, 0.6) is 0 Å². The molecule has 2 N–H and O–H groups in total. The van der Waals surface area contributed by atoms with Crippen LogP contribution in [-0.4, -0.2) is 18.5 Å². The van der Waals surface area contributed by atoms with Gasteiger partial charge in [-0.3, -0.25) is 9.71 Å². The van der Waals surface area contributed by atoms with Crippen LogP contribution in [0.2, 0.25) is 0 Å². The Morgan fingerprint density at radius 1 is 1.20 bits per heavy atom. The lowest BCUT2D eigenvalue weighted by atomic mass is 10.1. The molecule has 0 saturated carbocycles. The Bertz CT molecular complexity index is 685. The Morgan fingerprint density at radius 2 is 1.90 bits per heavy atom. The number of anilines is 1. The van der Waals surface area contributed by atoms with E-state index in [4.69, 9.17) is 5.11 Å². The van der Waals surface area contributed by atoms with Crippen LogP contribution >= 0.6 is 0 Å². The van der Waals surface area contributed by atoms with Crippen molar-refractivity contribution >= 4 is 15.7 Å². The van der Waals surface area contributed by atoms with E-state index in [-0.39, 0.29) is 11.5 Å². The number of hydrogen-bond acceptors (Lipinski definition) is 4. The molecular weight excluding hydrogens is 276 g/mol. The Balaban J connectivity index is 2.43. The quantitative estimate of drug-likeness (QED) is 0.882. The summed E-state index contributed by atoms with van der Waals surface area (Å²) in [7, 11) is -3.68. The second-order valence-corrected chi connectivity index (χ2v) is 5.95. The summed E-state index contributed by atoms with van der Waals surface area (Å²) < 4.78 is 27.4. The Labute approximate surface area is 118 Å². The van der Waals surface area contributed by atoms with Crippen LogP contribution in [0, 0.1) is 0 Å². The summed E-state index contributed by atoms with van der Waals surface area (Å²) in [6, 6.07) is 8.12. The van der Waals surface area contributed by atoms with Crippen LogP contribution in [0.1, 0.15) is 18.1 Å². The van der Waals surface area contributed by atoms with Gasteiger partial charge in [-0.1, -0.05) is 19.1 Å². The molecule has 0 radical (unpaired) electrons. The third-order valence-electron chi connectivity index (χ3n) is 2.92. The average molecular weight is 292 g/mol. The summed E-state index contributed by atoms with van der Waals surface area (Å²) in [6.07, 6.45) is 3.63. The predicted molar refractivity (Wildman–Crippen MR) is 76.8 cm³/mol. The van der Waals surface area contributed by atoms with Crippen molar-refractivity contribution in [3.63, 3.8) is 0 Å². The zero-order chi connectivity index (χ0) is 14.6. The highest BCUT2D eigenvalue weighted by Gasteiger charge is 2.18. The normalized spacial score (nSPS) is 11.3. The van der Waals surface area contributed by atoms with Gasteiger partial charge in [0.05, 0.1) is 17.2 Å². The van der Waals surface area contributed by atoms with Crippen molar-refractivity contribution in [3.05, 3.63) is 53.9 Å². The molecule has 106 valence electrons. The van der Waals surface area contributed by atoms with Crippen molar-refractivity contribution in [1.29, 1.82) is 0 Å². The van der Waals surface area contributed by atoms with Crippen LogP contribution in [0.25, 0.3) is 0 Å². The van der Waals surface area contributed by atoms with Gasteiger partial charge in [0, 0.05) is 12.4 Å².